The van der Waals surface area contributed by atoms with Crippen molar-refractivity contribution in [2.45, 2.75) is 6.42 Å². The minimum absolute atomic E-state index is 0.0589. The number of amides is 1. The molecule has 0 aliphatic carbocycles. The van der Waals surface area contributed by atoms with Crippen molar-refractivity contribution in [3.05, 3.63) is 38.9 Å². The first-order valence-corrected chi connectivity index (χ1v) is 8.66. The van der Waals surface area contributed by atoms with E-state index in [-0.39, 0.29) is 11.5 Å². The Hall–Kier alpha value is -2.68. The second-order valence-electron chi connectivity index (χ2n) is 5.67. The summed E-state index contributed by atoms with van der Waals surface area (Å²) in [5, 5.41) is 10.8. The zero-order chi connectivity index (χ0) is 16.5. The van der Waals surface area contributed by atoms with Crippen molar-refractivity contribution >= 4 is 34.2 Å². The summed E-state index contributed by atoms with van der Waals surface area (Å²) in [5.74, 6) is 0.574. The van der Waals surface area contributed by atoms with E-state index >= 15 is 0 Å². The van der Waals surface area contributed by atoms with Crippen molar-refractivity contribution in [2.75, 3.05) is 31.1 Å². The molecule has 0 spiro atoms. The number of aromatic amines is 2. The molecule has 3 aromatic rings. The fourth-order valence-electron chi connectivity index (χ4n) is 2.88. The van der Waals surface area contributed by atoms with Crippen LogP contribution in [0, 0.1) is 0 Å². The Bertz CT molecular complexity index is 916. The molecule has 3 aromatic heterocycles. The molecule has 8 nitrogen and oxygen atoms in total. The van der Waals surface area contributed by atoms with Gasteiger partial charge in [0.1, 0.15) is 5.39 Å². The van der Waals surface area contributed by atoms with E-state index in [0.29, 0.717) is 36.6 Å². The Labute approximate surface area is 141 Å². The number of nitrogens with one attached hydrogen (secondary N) is 2. The lowest BCUT2D eigenvalue weighted by atomic mass is 10.3. The lowest BCUT2D eigenvalue weighted by Crippen LogP contribution is -2.35. The molecule has 9 heteroatoms. The summed E-state index contributed by atoms with van der Waals surface area (Å²) in [4.78, 5) is 35.6. The van der Waals surface area contributed by atoms with Crippen LogP contribution in [-0.4, -0.2) is 57.2 Å². The molecule has 24 heavy (non-hydrogen) atoms. The molecule has 1 aliphatic heterocycles. The summed E-state index contributed by atoms with van der Waals surface area (Å²) in [6.07, 6.45) is 2.29. The average Bonchev–Trinajstić information content (AvgIpc) is 3.21. The van der Waals surface area contributed by atoms with Gasteiger partial charge in [-0.3, -0.25) is 19.7 Å². The largest absolute Gasteiger partial charge is 0.340 e. The zero-order valence-electron chi connectivity index (χ0n) is 12.9. The SMILES string of the molecule is O=C(c1ccsc1)N1CCCN(c2nc3[nH]ncc3c(=O)[nH]2)CC1. The van der Waals surface area contributed by atoms with Gasteiger partial charge in [0.2, 0.25) is 5.95 Å². The first-order valence-electron chi connectivity index (χ1n) is 7.72. The summed E-state index contributed by atoms with van der Waals surface area (Å²) >= 11 is 1.52. The van der Waals surface area contributed by atoms with Crippen LogP contribution in [0.2, 0.25) is 0 Å². The number of hydrogen-bond donors (Lipinski definition) is 2. The minimum Gasteiger partial charge on any atom is -0.340 e. The van der Waals surface area contributed by atoms with Crippen molar-refractivity contribution < 1.29 is 4.79 Å². The molecule has 0 saturated carbocycles. The second-order valence-corrected chi connectivity index (χ2v) is 6.45. The Morgan fingerprint density at radius 3 is 3.00 bits per heavy atom. The smallest absolute Gasteiger partial charge is 0.263 e. The van der Waals surface area contributed by atoms with Crippen LogP contribution in [0.15, 0.2) is 27.8 Å². The number of anilines is 1. The number of fused-ring (bicyclic) bond motifs is 1. The molecule has 1 fully saturated rings. The molecule has 124 valence electrons. The Balaban J connectivity index is 1.53. The lowest BCUT2D eigenvalue weighted by molar-refractivity contribution is 0.0767. The number of H-pyrrole nitrogens is 2. The van der Waals surface area contributed by atoms with Gasteiger partial charge in [-0.2, -0.15) is 21.4 Å². The summed E-state index contributed by atoms with van der Waals surface area (Å²) in [6, 6.07) is 1.85. The van der Waals surface area contributed by atoms with Gasteiger partial charge in [0, 0.05) is 31.6 Å². The van der Waals surface area contributed by atoms with Crippen LogP contribution < -0.4 is 10.5 Å². The third-order valence-corrected chi connectivity index (χ3v) is 4.84. The number of thiophene rings is 1. The van der Waals surface area contributed by atoms with E-state index in [1.165, 1.54) is 17.5 Å². The molecule has 1 amide bonds. The van der Waals surface area contributed by atoms with Gasteiger partial charge in [0.15, 0.2) is 5.65 Å². The third-order valence-electron chi connectivity index (χ3n) is 4.16. The number of aromatic nitrogens is 4. The van der Waals surface area contributed by atoms with Crippen molar-refractivity contribution in [3.63, 3.8) is 0 Å². The van der Waals surface area contributed by atoms with Crippen LogP contribution in [0.25, 0.3) is 11.0 Å². The molecule has 4 heterocycles. The molecule has 0 unspecified atom stereocenters. The van der Waals surface area contributed by atoms with E-state index in [1.807, 2.05) is 26.6 Å². The molecule has 0 radical (unpaired) electrons. The quantitative estimate of drug-likeness (QED) is 0.724. The van der Waals surface area contributed by atoms with Gasteiger partial charge in [-0.25, -0.2) is 0 Å². The molecule has 0 bridgehead atoms. The molecule has 1 aliphatic rings. The van der Waals surface area contributed by atoms with E-state index in [0.717, 1.165) is 18.5 Å². The van der Waals surface area contributed by atoms with Crippen LogP contribution in [-0.2, 0) is 0 Å². The number of rotatable bonds is 2. The zero-order valence-corrected chi connectivity index (χ0v) is 13.7. The van der Waals surface area contributed by atoms with E-state index in [4.69, 9.17) is 0 Å². The summed E-state index contributed by atoms with van der Waals surface area (Å²) < 4.78 is 0. The maximum absolute atomic E-state index is 12.5. The standard InChI is InChI=1S/C15H16N6O2S/c22-13-11-8-16-19-12(11)17-15(18-13)21-4-1-3-20(5-6-21)14(23)10-2-7-24-9-10/h2,7-9H,1,3-6H2,(H2,16,17,18,19,22). The fraction of sp³-hybridized carbons (Fsp3) is 0.333. The number of carbonyl (C=O) groups excluding carboxylic acids is 1. The van der Waals surface area contributed by atoms with Crippen molar-refractivity contribution in [1.29, 1.82) is 0 Å². The van der Waals surface area contributed by atoms with Crippen molar-refractivity contribution in [3.8, 4) is 0 Å². The van der Waals surface area contributed by atoms with Crippen molar-refractivity contribution in [2.24, 2.45) is 0 Å². The van der Waals surface area contributed by atoms with Gasteiger partial charge in [-0.1, -0.05) is 0 Å². The minimum atomic E-state index is -0.209. The second kappa shape index (κ2) is 6.08. The van der Waals surface area contributed by atoms with Gasteiger partial charge in [-0.15, -0.1) is 0 Å². The van der Waals surface area contributed by atoms with E-state index in [2.05, 4.69) is 20.2 Å². The average molecular weight is 344 g/mol. The highest BCUT2D eigenvalue weighted by Crippen LogP contribution is 2.15. The summed E-state index contributed by atoms with van der Waals surface area (Å²) in [5.41, 5.74) is 1.00. The molecular formula is C15H16N6O2S. The van der Waals surface area contributed by atoms with Gasteiger partial charge < -0.3 is 9.80 Å². The Morgan fingerprint density at radius 2 is 2.17 bits per heavy atom. The maximum Gasteiger partial charge on any atom is 0.263 e. The van der Waals surface area contributed by atoms with E-state index < -0.39 is 0 Å². The highest BCUT2D eigenvalue weighted by Gasteiger charge is 2.22. The molecule has 4 rings (SSSR count). The Morgan fingerprint density at radius 1 is 1.25 bits per heavy atom. The number of nitrogens with zero attached hydrogens (tertiary/aromatic N) is 4. The van der Waals surface area contributed by atoms with Gasteiger partial charge >= 0.3 is 0 Å². The summed E-state index contributed by atoms with van der Waals surface area (Å²) in [7, 11) is 0. The summed E-state index contributed by atoms with van der Waals surface area (Å²) in [6.45, 7) is 2.65. The van der Waals surface area contributed by atoms with Crippen LogP contribution in [0.3, 0.4) is 0 Å². The van der Waals surface area contributed by atoms with Crippen molar-refractivity contribution in [1.82, 2.24) is 25.1 Å². The van der Waals surface area contributed by atoms with Gasteiger partial charge in [0.25, 0.3) is 11.5 Å². The topological polar surface area (TPSA) is 98.0 Å². The third kappa shape index (κ3) is 2.67. The highest BCUT2D eigenvalue weighted by atomic mass is 32.1. The first-order chi connectivity index (χ1) is 11.7. The predicted octanol–water partition coefficient (Wildman–Crippen LogP) is 1.06. The number of carbonyl (C=O) groups is 1. The maximum atomic E-state index is 12.5. The number of hydrogen-bond acceptors (Lipinski definition) is 6. The van der Waals surface area contributed by atoms with Crippen LogP contribution in [0.5, 0.6) is 0 Å². The van der Waals surface area contributed by atoms with E-state index in [1.54, 1.807) is 0 Å². The van der Waals surface area contributed by atoms with Crippen LogP contribution >= 0.6 is 11.3 Å². The van der Waals surface area contributed by atoms with Crippen LogP contribution in [0.1, 0.15) is 16.8 Å². The monoisotopic (exact) mass is 344 g/mol. The molecule has 0 atom stereocenters. The molecule has 1 saturated heterocycles. The fourth-order valence-corrected chi connectivity index (χ4v) is 3.51. The van der Waals surface area contributed by atoms with E-state index in [9.17, 15) is 9.59 Å². The first kappa shape index (κ1) is 14.9. The molecule has 0 aromatic carbocycles. The molecular weight excluding hydrogens is 328 g/mol. The Kier molecular flexibility index (Phi) is 3.77. The normalized spacial score (nSPS) is 15.7. The van der Waals surface area contributed by atoms with Crippen LogP contribution in [0.4, 0.5) is 5.95 Å². The predicted molar refractivity (Wildman–Crippen MR) is 91.6 cm³/mol. The lowest BCUT2D eigenvalue weighted by Gasteiger charge is -2.22. The van der Waals surface area contributed by atoms with Gasteiger partial charge in [-0.05, 0) is 17.9 Å². The van der Waals surface area contributed by atoms with Gasteiger partial charge in [0.05, 0.1) is 11.8 Å². The molecule has 2 N–H and O–H groups in total. The highest BCUT2D eigenvalue weighted by molar-refractivity contribution is 7.08.